The Morgan fingerprint density at radius 1 is 1.08 bits per heavy atom. The summed E-state index contributed by atoms with van der Waals surface area (Å²) in [4.78, 5) is 0. The van der Waals surface area contributed by atoms with Gasteiger partial charge in [0.2, 0.25) is 0 Å². The third-order valence-electron chi connectivity index (χ3n) is 1.65. The summed E-state index contributed by atoms with van der Waals surface area (Å²) >= 11 is 4.23. The van der Waals surface area contributed by atoms with E-state index < -0.39 is 0 Å². The lowest BCUT2D eigenvalue weighted by Gasteiger charge is -2.20. The minimum absolute atomic E-state index is 0.0710. The molecule has 0 bridgehead atoms. The Labute approximate surface area is 99.0 Å². The largest absolute Gasteiger partial charge is 0.344 e. The summed E-state index contributed by atoms with van der Waals surface area (Å²) in [5.41, 5.74) is 11.4. The number of alkyl halides is 2. The second kappa shape index (κ2) is 4.69. The molecule has 0 aromatic heterocycles. The van der Waals surface area contributed by atoms with Crippen LogP contribution < -0.4 is 11.5 Å². The minimum Gasteiger partial charge on any atom is -0.344 e. The number of hydrogen-bond acceptors (Lipinski definition) is 4. The molecule has 6 heteroatoms. The molecule has 1 aliphatic heterocycles. The smallest absolute Gasteiger partial charge is 0.156 e. The van der Waals surface area contributed by atoms with Crippen molar-refractivity contribution in [3.05, 3.63) is 0 Å². The standard InChI is InChI=1S/C6H12I2N2O2/c1-2-11-3(5(7)9)4(12-2)6(8)10/h2-6H,9-10H2,1H3/t2?,3-,4-,5?,6?/m0/s1. The topological polar surface area (TPSA) is 70.5 Å². The molecule has 0 aromatic rings. The molecule has 0 saturated carbocycles. The first kappa shape index (κ1) is 11.4. The maximum atomic E-state index is 5.71. The highest BCUT2D eigenvalue weighted by atomic mass is 127. The molecule has 0 amide bonds. The van der Waals surface area contributed by atoms with E-state index in [1.165, 1.54) is 0 Å². The fourth-order valence-corrected chi connectivity index (χ4v) is 2.30. The first-order valence-corrected chi connectivity index (χ1v) is 6.11. The van der Waals surface area contributed by atoms with Gasteiger partial charge in [0, 0.05) is 0 Å². The van der Waals surface area contributed by atoms with E-state index >= 15 is 0 Å². The summed E-state index contributed by atoms with van der Waals surface area (Å²) in [5, 5.41) is 0. The Balaban J connectivity index is 2.59. The number of hydrogen-bond donors (Lipinski definition) is 2. The van der Waals surface area contributed by atoms with Crippen molar-refractivity contribution in [3.63, 3.8) is 0 Å². The van der Waals surface area contributed by atoms with E-state index in [4.69, 9.17) is 20.9 Å². The zero-order chi connectivity index (χ0) is 9.30. The molecule has 1 fully saturated rings. The summed E-state index contributed by atoms with van der Waals surface area (Å²) in [6.45, 7) is 1.85. The number of rotatable bonds is 2. The SMILES string of the molecule is CC1O[C@H](C(N)I)[C@@H](C(N)I)O1. The molecule has 0 spiro atoms. The van der Waals surface area contributed by atoms with Gasteiger partial charge < -0.3 is 20.9 Å². The van der Waals surface area contributed by atoms with Crippen LogP contribution >= 0.6 is 45.2 Å². The average molecular weight is 398 g/mol. The molecular formula is C6H12I2N2O2. The van der Waals surface area contributed by atoms with Crippen LogP contribution in [0.15, 0.2) is 0 Å². The lowest BCUT2D eigenvalue weighted by molar-refractivity contribution is -0.0498. The number of nitrogens with two attached hydrogens (primary N) is 2. The van der Waals surface area contributed by atoms with Crippen molar-refractivity contribution in [1.82, 2.24) is 0 Å². The van der Waals surface area contributed by atoms with Crippen molar-refractivity contribution in [2.24, 2.45) is 11.5 Å². The van der Waals surface area contributed by atoms with E-state index in [1.54, 1.807) is 0 Å². The Kier molecular flexibility index (Phi) is 4.45. The Bertz CT molecular complexity index is 140. The van der Waals surface area contributed by atoms with Crippen molar-refractivity contribution in [3.8, 4) is 0 Å². The third-order valence-corrected chi connectivity index (χ3v) is 3.07. The van der Waals surface area contributed by atoms with Gasteiger partial charge in [-0.05, 0) is 6.92 Å². The van der Waals surface area contributed by atoms with Crippen LogP contribution in [0.1, 0.15) is 6.92 Å². The summed E-state index contributed by atoms with van der Waals surface area (Å²) in [6.07, 6.45) is -0.373. The van der Waals surface area contributed by atoms with Crippen LogP contribution in [0.2, 0.25) is 0 Å². The zero-order valence-electron chi connectivity index (χ0n) is 6.61. The van der Waals surface area contributed by atoms with E-state index in [1.807, 2.05) is 6.92 Å². The lowest BCUT2D eigenvalue weighted by Crippen LogP contribution is -2.44. The highest BCUT2D eigenvalue weighted by Crippen LogP contribution is 2.26. The van der Waals surface area contributed by atoms with E-state index in [2.05, 4.69) is 45.2 Å². The van der Waals surface area contributed by atoms with Crippen LogP contribution in [0.3, 0.4) is 0 Å². The Morgan fingerprint density at radius 2 is 1.42 bits per heavy atom. The molecule has 0 aliphatic carbocycles. The van der Waals surface area contributed by atoms with Gasteiger partial charge in [0.25, 0.3) is 0 Å². The fourth-order valence-electron chi connectivity index (χ4n) is 1.14. The predicted octanol–water partition coefficient (Wildman–Crippen LogP) is 0.556. The summed E-state index contributed by atoms with van der Waals surface area (Å²) in [6, 6.07) is 0. The first-order chi connectivity index (χ1) is 5.52. The molecule has 1 saturated heterocycles. The average Bonchev–Trinajstić information content (AvgIpc) is 2.31. The minimum atomic E-state index is -0.193. The van der Waals surface area contributed by atoms with Crippen LogP contribution in [-0.2, 0) is 9.47 Å². The molecule has 1 heterocycles. The van der Waals surface area contributed by atoms with Crippen molar-refractivity contribution >= 4 is 45.2 Å². The van der Waals surface area contributed by atoms with Crippen molar-refractivity contribution in [2.45, 2.75) is 33.5 Å². The van der Waals surface area contributed by atoms with Gasteiger partial charge in [0.1, 0.15) is 12.2 Å². The Hall–Kier alpha value is 1.30. The normalized spacial score (nSPS) is 41.2. The van der Waals surface area contributed by atoms with Gasteiger partial charge in [-0.25, -0.2) is 0 Å². The fraction of sp³-hybridized carbons (Fsp3) is 1.00. The monoisotopic (exact) mass is 398 g/mol. The molecule has 0 radical (unpaired) electrons. The molecule has 0 aromatic carbocycles. The maximum absolute atomic E-state index is 5.71. The van der Waals surface area contributed by atoms with Gasteiger partial charge in [-0.1, -0.05) is 45.2 Å². The Morgan fingerprint density at radius 3 is 1.67 bits per heavy atom. The molecule has 1 aliphatic rings. The quantitative estimate of drug-likeness (QED) is 0.405. The third kappa shape index (κ3) is 2.64. The van der Waals surface area contributed by atoms with E-state index in [9.17, 15) is 0 Å². The second-order valence-electron chi connectivity index (χ2n) is 2.66. The van der Waals surface area contributed by atoms with Gasteiger partial charge in [0.05, 0.1) is 8.10 Å². The molecular weight excluding hydrogens is 386 g/mol. The van der Waals surface area contributed by atoms with E-state index in [-0.39, 0.29) is 26.6 Å². The van der Waals surface area contributed by atoms with E-state index in [0.717, 1.165) is 0 Å². The number of ether oxygens (including phenoxy) is 2. The van der Waals surface area contributed by atoms with Gasteiger partial charge in [-0.15, -0.1) is 0 Å². The number of halogens is 2. The highest BCUT2D eigenvalue weighted by Gasteiger charge is 2.39. The molecule has 2 unspecified atom stereocenters. The molecule has 4 atom stereocenters. The zero-order valence-corrected chi connectivity index (χ0v) is 10.9. The van der Waals surface area contributed by atoms with Gasteiger partial charge in [-0.3, -0.25) is 0 Å². The summed E-state index contributed by atoms with van der Waals surface area (Å²) in [5.74, 6) is 0. The first-order valence-electron chi connectivity index (χ1n) is 3.62. The van der Waals surface area contributed by atoms with Crippen LogP contribution in [0.4, 0.5) is 0 Å². The lowest BCUT2D eigenvalue weighted by atomic mass is 10.2. The predicted molar refractivity (Wildman–Crippen MR) is 63.2 cm³/mol. The molecule has 1 rings (SSSR count). The van der Waals surface area contributed by atoms with Gasteiger partial charge in [-0.2, -0.15) is 0 Å². The van der Waals surface area contributed by atoms with Crippen molar-refractivity contribution in [1.29, 1.82) is 0 Å². The molecule has 4 nitrogen and oxygen atoms in total. The molecule has 12 heavy (non-hydrogen) atoms. The van der Waals surface area contributed by atoms with Crippen LogP contribution in [-0.4, -0.2) is 26.6 Å². The van der Waals surface area contributed by atoms with Crippen molar-refractivity contribution in [2.75, 3.05) is 0 Å². The molecule has 4 N–H and O–H groups in total. The highest BCUT2D eigenvalue weighted by molar-refractivity contribution is 14.1. The second-order valence-corrected chi connectivity index (χ2v) is 5.53. The van der Waals surface area contributed by atoms with Crippen LogP contribution in [0, 0.1) is 0 Å². The van der Waals surface area contributed by atoms with Gasteiger partial charge in [0.15, 0.2) is 6.29 Å². The summed E-state index contributed by atoms with van der Waals surface area (Å²) < 4.78 is 10.8. The van der Waals surface area contributed by atoms with Crippen LogP contribution in [0.5, 0.6) is 0 Å². The maximum Gasteiger partial charge on any atom is 0.156 e. The van der Waals surface area contributed by atoms with Crippen LogP contribution in [0.25, 0.3) is 0 Å². The molecule has 72 valence electrons. The van der Waals surface area contributed by atoms with Crippen molar-refractivity contribution < 1.29 is 9.47 Å². The van der Waals surface area contributed by atoms with E-state index in [0.29, 0.717) is 0 Å². The summed E-state index contributed by atoms with van der Waals surface area (Å²) in [7, 11) is 0. The van der Waals surface area contributed by atoms with Gasteiger partial charge >= 0.3 is 0 Å².